The van der Waals surface area contributed by atoms with Crippen LogP contribution in [0.3, 0.4) is 0 Å². The molecule has 0 spiro atoms. The summed E-state index contributed by atoms with van der Waals surface area (Å²) in [5, 5.41) is 10.1. The molecule has 23 heavy (non-hydrogen) atoms. The molecule has 0 atom stereocenters. The quantitative estimate of drug-likeness (QED) is 0.801. The zero-order valence-corrected chi connectivity index (χ0v) is 12.9. The Morgan fingerprint density at radius 2 is 2.00 bits per heavy atom. The lowest BCUT2D eigenvalue weighted by Gasteiger charge is -2.10. The van der Waals surface area contributed by atoms with E-state index >= 15 is 0 Å². The van der Waals surface area contributed by atoms with E-state index in [0.29, 0.717) is 22.8 Å². The molecule has 3 aromatic rings. The molecular formula is C18H16N2O3. The molecule has 5 heteroatoms. The third-order valence-corrected chi connectivity index (χ3v) is 3.57. The Balaban J connectivity index is 2.23. The van der Waals surface area contributed by atoms with Crippen molar-refractivity contribution >= 4 is 16.9 Å². The molecule has 5 nitrogen and oxygen atoms in total. The number of hydrogen-bond acceptors (Lipinski definition) is 4. The van der Waals surface area contributed by atoms with Gasteiger partial charge in [0.05, 0.1) is 30.4 Å². The van der Waals surface area contributed by atoms with Crippen LogP contribution in [0, 0.1) is 6.92 Å². The molecule has 3 rings (SSSR count). The van der Waals surface area contributed by atoms with E-state index in [1.807, 2.05) is 37.3 Å². The number of methoxy groups -OCH3 is 1. The molecule has 116 valence electrons. The van der Waals surface area contributed by atoms with Gasteiger partial charge in [-0.3, -0.25) is 4.79 Å². The van der Waals surface area contributed by atoms with Crippen LogP contribution in [0.2, 0.25) is 0 Å². The fourth-order valence-electron chi connectivity index (χ4n) is 2.52. The standard InChI is InChI=1S/C18H16N2O3/c1-11-6-7-14-12(8-11)9-13(10-17(21)22)18(20-14)15-4-3-5-16(19-15)23-2/h3-9H,10H2,1-2H3,(H,21,22). The summed E-state index contributed by atoms with van der Waals surface area (Å²) in [5.41, 5.74) is 3.72. The van der Waals surface area contributed by atoms with Crippen molar-refractivity contribution in [1.82, 2.24) is 9.97 Å². The van der Waals surface area contributed by atoms with Crippen LogP contribution < -0.4 is 4.74 Å². The van der Waals surface area contributed by atoms with Gasteiger partial charge in [-0.15, -0.1) is 0 Å². The molecule has 0 saturated carbocycles. The third-order valence-electron chi connectivity index (χ3n) is 3.57. The lowest BCUT2D eigenvalue weighted by Crippen LogP contribution is -2.04. The third kappa shape index (κ3) is 3.13. The summed E-state index contributed by atoms with van der Waals surface area (Å²) >= 11 is 0. The maximum atomic E-state index is 11.2. The summed E-state index contributed by atoms with van der Waals surface area (Å²) in [4.78, 5) is 20.2. The highest BCUT2D eigenvalue weighted by molar-refractivity contribution is 5.85. The van der Waals surface area contributed by atoms with E-state index in [1.165, 1.54) is 0 Å². The largest absolute Gasteiger partial charge is 0.481 e. The van der Waals surface area contributed by atoms with Gasteiger partial charge in [-0.05, 0) is 36.8 Å². The second-order valence-electron chi connectivity index (χ2n) is 5.33. The number of hydrogen-bond donors (Lipinski definition) is 1. The summed E-state index contributed by atoms with van der Waals surface area (Å²) in [5.74, 6) is -0.433. The van der Waals surface area contributed by atoms with Crippen molar-refractivity contribution in [1.29, 1.82) is 0 Å². The van der Waals surface area contributed by atoms with Gasteiger partial charge in [-0.25, -0.2) is 9.97 Å². The van der Waals surface area contributed by atoms with Crippen molar-refractivity contribution < 1.29 is 14.6 Å². The molecule has 0 aliphatic heterocycles. The van der Waals surface area contributed by atoms with Gasteiger partial charge in [0.1, 0.15) is 0 Å². The van der Waals surface area contributed by atoms with Crippen molar-refractivity contribution in [3.8, 4) is 17.3 Å². The molecule has 1 N–H and O–H groups in total. The predicted molar refractivity (Wildman–Crippen MR) is 87.6 cm³/mol. The Morgan fingerprint density at radius 1 is 1.17 bits per heavy atom. The van der Waals surface area contributed by atoms with Crippen LogP contribution in [0.15, 0.2) is 42.5 Å². The molecule has 0 fully saturated rings. The molecule has 0 amide bonds. The highest BCUT2D eigenvalue weighted by atomic mass is 16.5. The molecule has 0 aliphatic rings. The molecule has 2 heterocycles. The highest BCUT2D eigenvalue weighted by Gasteiger charge is 2.14. The lowest BCUT2D eigenvalue weighted by atomic mass is 10.0. The Morgan fingerprint density at radius 3 is 2.74 bits per heavy atom. The number of benzene rings is 1. The Kier molecular flexibility index (Phi) is 3.93. The van der Waals surface area contributed by atoms with Gasteiger partial charge < -0.3 is 9.84 Å². The second kappa shape index (κ2) is 6.04. The Labute approximate surface area is 133 Å². The Hall–Kier alpha value is -2.95. The molecule has 0 radical (unpaired) electrons. The van der Waals surface area contributed by atoms with Crippen LogP contribution in [0.5, 0.6) is 5.88 Å². The normalized spacial score (nSPS) is 10.7. The van der Waals surface area contributed by atoms with Crippen molar-refractivity contribution in [2.45, 2.75) is 13.3 Å². The van der Waals surface area contributed by atoms with Crippen molar-refractivity contribution in [2.24, 2.45) is 0 Å². The van der Waals surface area contributed by atoms with Gasteiger partial charge in [0, 0.05) is 11.5 Å². The first kappa shape index (κ1) is 15.0. The minimum atomic E-state index is -0.900. The fraction of sp³-hybridized carbons (Fsp3) is 0.167. The molecular weight excluding hydrogens is 292 g/mol. The van der Waals surface area contributed by atoms with Gasteiger partial charge in [0.25, 0.3) is 0 Å². The average molecular weight is 308 g/mol. The molecule has 2 aromatic heterocycles. The zero-order valence-electron chi connectivity index (χ0n) is 12.9. The number of carboxylic acids is 1. The number of fused-ring (bicyclic) bond motifs is 1. The van der Waals surface area contributed by atoms with Gasteiger partial charge in [-0.1, -0.05) is 17.7 Å². The van der Waals surface area contributed by atoms with E-state index in [4.69, 9.17) is 4.74 Å². The fourth-order valence-corrected chi connectivity index (χ4v) is 2.52. The van der Waals surface area contributed by atoms with Crippen LogP contribution in [-0.4, -0.2) is 28.2 Å². The zero-order chi connectivity index (χ0) is 16.4. The summed E-state index contributed by atoms with van der Waals surface area (Å²) in [7, 11) is 1.54. The van der Waals surface area contributed by atoms with Crippen molar-refractivity contribution in [3.05, 3.63) is 53.6 Å². The maximum Gasteiger partial charge on any atom is 0.307 e. The number of aliphatic carboxylic acids is 1. The van der Waals surface area contributed by atoms with E-state index in [1.54, 1.807) is 19.2 Å². The van der Waals surface area contributed by atoms with Crippen LogP contribution in [-0.2, 0) is 11.2 Å². The van der Waals surface area contributed by atoms with Crippen LogP contribution in [0.4, 0.5) is 0 Å². The maximum absolute atomic E-state index is 11.2. The number of pyridine rings is 2. The minimum Gasteiger partial charge on any atom is -0.481 e. The molecule has 1 aromatic carbocycles. The average Bonchev–Trinajstić information content (AvgIpc) is 2.53. The van der Waals surface area contributed by atoms with E-state index in [2.05, 4.69) is 9.97 Å². The second-order valence-corrected chi connectivity index (χ2v) is 5.33. The van der Waals surface area contributed by atoms with Crippen molar-refractivity contribution in [2.75, 3.05) is 7.11 Å². The van der Waals surface area contributed by atoms with Crippen molar-refractivity contribution in [3.63, 3.8) is 0 Å². The van der Waals surface area contributed by atoms with E-state index in [9.17, 15) is 9.90 Å². The van der Waals surface area contributed by atoms with Gasteiger partial charge in [-0.2, -0.15) is 0 Å². The number of ether oxygens (including phenoxy) is 1. The summed E-state index contributed by atoms with van der Waals surface area (Å²) in [6.45, 7) is 1.99. The minimum absolute atomic E-state index is 0.106. The monoisotopic (exact) mass is 308 g/mol. The summed E-state index contributed by atoms with van der Waals surface area (Å²) in [6.07, 6.45) is -0.106. The topological polar surface area (TPSA) is 72.3 Å². The van der Waals surface area contributed by atoms with Crippen LogP contribution >= 0.6 is 0 Å². The smallest absolute Gasteiger partial charge is 0.307 e. The first-order valence-electron chi connectivity index (χ1n) is 7.20. The Bertz CT molecular complexity index is 891. The first-order chi connectivity index (χ1) is 11.1. The van der Waals surface area contributed by atoms with E-state index in [0.717, 1.165) is 16.5 Å². The number of rotatable bonds is 4. The van der Waals surface area contributed by atoms with Gasteiger partial charge in [0.15, 0.2) is 0 Å². The van der Waals surface area contributed by atoms with Crippen LogP contribution in [0.1, 0.15) is 11.1 Å². The summed E-state index contributed by atoms with van der Waals surface area (Å²) < 4.78 is 5.15. The van der Waals surface area contributed by atoms with Crippen LogP contribution in [0.25, 0.3) is 22.3 Å². The number of carboxylic acid groups (broad SMARTS) is 1. The molecule has 0 aliphatic carbocycles. The van der Waals surface area contributed by atoms with Gasteiger partial charge >= 0.3 is 5.97 Å². The molecule has 0 bridgehead atoms. The lowest BCUT2D eigenvalue weighted by molar-refractivity contribution is -0.136. The molecule has 0 saturated heterocycles. The van der Waals surface area contributed by atoms with E-state index < -0.39 is 5.97 Å². The van der Waals surface area contributed by atoms with E-state index in [-0.39, 0.29) is 6.42 Å². The van der Waals surface area contributed by atoms with Gasteiger partial charge in [0.2, 0.25) is 5.88 Å². The number of aromatic nitrogens is 2. The number of carbonyl (C=O) groups is 1. The molecule has 0 unspecified atom stereocenters. The predicted octanol–water partition coefficient (Wildman–Crippen LogP) is 3.24. The summed E-state index contributed by atoms with van der Waals surface area (Å²) in [6, 6.07) is 13.1. The highest BCUT2D eigenvalue weighted by Crippen LogP contribution is 2.26. The SMILES string of the molecule is COc1cccc(-c2nc3ccc(C)cc3cc2CC(=O)O)n1. The number of aryl methyl sites for hydroxylation is 1. The first-order valence-corrected chi connectivity index (χ1v) is 7.20. The number of nitrogens with zero attached hydrogens (tertiary/aromatic N) is 2.